The van der Waals surface area contributed by atoms with Gasteiger partial charge in [-0.05, 0) is 25.7 Å². The molecular weight excluding hydrogens is 256 g/mol. The second kappa shape index (κ2) is 7.96. The minimum atomic E-state index is -0.239. The normalized spacial score (nSPS) is 25.9. The van der Waals surface area contributed by atoms with Crippen molar-refractivity contribution in [2.24, 2.45) is 0 Å². The van der Waals surface area contributed by atoms with Crippen molar-refractivity contribution in [1.82, 2.24) is 9.80 Å². The van der Waals surface area contributed by atoms with Crippen molar-refractivity contribution in [3.63, 3.8) is 0 Å². The Morgan fingerprint density at radius 3 is 2.70 bits per heavy atom. The monoisotopic (exact) mass is 284 g/mol. The van der Waals surface area contributed by atoms with Crippen LogP contribution in [0.5, 0.6) is 0 Å². The lowest BCUT2D eigenvalue weighted by Crippen LogP contribution is -2.50. The molecule has 0 saturated carbocycles. The molecule has 0 bridgehead atoms. The molecule has 5 nitrogen and oxygen atoms in total. The van der Waals surface area contributed by atoms with Gasteiger partial charge in [-0.15, -0.1) is 0 Å². The molecule has 0 spiro atoms. The largest absolute Gasteiger partial charge is 0.392 e. The Labute approximate surface area is 121 Å². The Morgan fingerprint density at radius 1 is 1.35 bits per heavy atom. The SMILES string of the molecule is CC[C@H](O)CN1CCN(C(=O)CC[C@H]2CCCO2)CC1. The first-order valence-corrected chi connectivity index (χ1v) is 7.99. The van der Waals surface area contributed by atoms with E-state index >= 15 is 0 Å². The van der Waals surface area contributed by atoms with E-state index in [-0.39, 0.29) is 12.0 Å². The van der Waals surface area contributed by atoms with Gasteiger partial charge in [0.1, 0.15) is 0 Å². The van der Waals surface area contributed by atoms with Gasteiger partial charge in [0.15, 0.2) is 0 Å². The summed E-state index contributed by atoms with van der Waals surface area (Å²) in [5, 5.41) is 9.65. The number of amides is 1. The van der Waals surface area contributed by atoms with Crippen molar-refractivity contribution in [2.45, 2.75) is 51.2 Å². The molecule has 2 aliphatic heterocycles. The summed E-state index contributed by atoms with van der Waals surface area (Å²) in [6, 6.07) is 0. The first-order valence-electron chi connectivity index (χ1n) is 7.99. The highest BCUT2D eigenvalue weighted by molar-refractivity contribution is 5.76. The van der Waals surface area contributed by atoms with E-state index in [0.29, 0.717) is 12.5 Å². The van der Waals surface area contributed by atoms with Crippen LogP contribution in [0.3, 0.4) is 0 Å². The third-order valence-corrected chi connectivity index (χ3v) is 4.37. The van der Waals surface area contributed by atoms with Gasteiger partial charge in [-0.3, -0.25) is 9.69 Å². The van der Waals surface area contributed by atoms with Crippen LogP contribution in [0.15, 0.2) is 0 Å². The van der Waals surface area contributed by atoms with E-state index in [0.717, 1.165) is 65.0 Å². The van der Waals surface area contributed by atoms with Gasteiger partial charge in [0.25, 0.3) is 0 Å². The molecule has 0 radical (unpaired) electrons. The van der Waals surface area contributed by atoms with E-state index in [1.54, 1.807) is 0 Å². The number of nitrogens with zero attached hydrogens (tertiary/aromatic N) is 2. The molecule has 2 atom stereocenters. The Hall–Kier alpha value is -0.650. The number of rotatable bonds is 6. The number of carbonyl (C=O) groups is 1. The van der Waals surface area contributed by atoms with Crippen molar-refractivity contribution < 1.29 is 14.6 Å². The predicted molar refractivity (Wildman–Crippen MR) is 77.5 cm³/mol. The number of hydrogen-bond acceptors (Lipinski definition) is 4. The molecule has 0 aromatic rings. The summed E-state index contributed by atoms with van der Waals surface area (Å²) < 4.78 is 5.56. The number of carbonyl (C=O) groups excluding carboxylic acids is 1. The first-order chi connectivity index (χ1) is 9.69. The van der Waals surface area contributed by atoms with Crippen LogP contribution in [0.2, 0.25) is 0 Å². The molecule has 20 heavy (non-hydrogen) atoms. The predicted octanol–water partition coefficient (Wildman–Crippen LogP) is 0.861. The topological polar surface area (TPSA) is 53.0 Å². The molecule has 0 aromatic carbocycles. The van der Waals surface area contributed by atoms with E-state index in [4.69, 9.17) is 4.74 Å². The van der Waals surface area contributed by atoms with Gasteiger partial charge in [-0.2, -0.15) is 0 Å². The average molecular weight is 284 g/mol. The Kier molecular flexibility index (Phi) is 6.26. The van der Waals surface area contributed by atoms with E-state index in [9.17, 15) is 9.90 Å². The second-order valence-electron chi connectivity index (χ2n) is 5.92. The van der Waals surface area contributed by atoms with Crippen molar-refractivity contribution in [3.8, 4) is 0 Å². The molecule has 2 saturated heterocycles. The van der Waals surface area contributed by atoms with E-state index < -0.39 is 0 Å². The maximum absolute atomic E-state index is 12.1. The van der Waals surface area contributed by atoms with Gasteiger partial charge < -0.3 is 14.7 Å². The highest BCUT2D eigenvalue weighted by Gasteiger charge is 2.23. The molecule has 2 heterocycles. The van der Waals surface area contributed by atoms with E-state index in [1.807, 2.05) is 11.8 Å². The maximum atomic E-state index is 12.1. The standard InChI is InChI=1S/C15H28N2O3/c1-2-13(18)12-16-7-9-17(10-8-16)15(19)6-5-14-4-3-11-20-14/h13-14,18H,2-12H2,1H3/t13-,14+/m0/s1. The smallest absolute Gasteiger partial charge is 0.222 e. The molecule has 2 aliphatic rings. The second-order valence-corrected chi connectivity index (χ2v) is 5.92. The number of ether oxygens (including phenoxy) is 1. The molecule has 2 rings (SSSR count). The van der Waals surface area contributed by atoms with Gasteiger partial charge in [-0.25, -0.2) is 0 Å². The van der Waals surface area contributed by atoms with Gasteiger partial charge in [-0.1, -0.05) is 6.92 Å². The summed E-state index contributed by atoms with van der Waals surface area (Å²) >= 11 is 0. The van der Waals surface area contributed by atoms with Crippen LogP contribution in [0.1, 0.15) is 39.0 Å². The number of aliphatic hydroxyl groups is 1. The third kappa shape index (κ3) is 4.72. The number of β-amino-alcohol motifs (C(OH)–C–C–N with tert-alkyl or cyclic N) is 1. The average Bonchev–Trinajstić information content (AvgIpc) is 2.98. The van der Waals surface area contributed by atoms with Crippen LogP contribution < -0.4 is 0 Å². The van der Waals surface area contributed by atoms with Crippen LogP contribution in [-0.4, -0.2) is 72.4 Å². The molecule has 0 unspecified atom stereocenters. The minimum Gasteiger partial charge on any atom is -0.392 e. The van der Waals surface area contributed by atoms with Crippen molar-refractivity contribution in [2.75, 3.05) is 39.3 Å². The Morgan fingerprint density at radius 2 is 2.10 bits per heavy atom. The number of piperazine rings is 1. The van der Waals surface area contributed by atoms with Crippen LogP contribution in [0.25, 0.3) is 0 Å². The lowest BCUT2D eigenvalue weighted by molar-refractivity contribution is -0.133. The van der Waals surface area contributed by atoms with Crippen LogP contribution in [0, 0.1) is 0 Å². The molecule has 1 N–H and O–H groups in total. The Bertz CT molecular complexity index is 297. The fourth-order valence-corrected chi connectivity index (χ4v) is 2.92. The summed E-state index contributed by atoms with van der Waals surface area (Å²) in [5.74, 6) is 0.260. The van der Waals surface area contributed by atoms with Gasteiger partial charge >= 0.3 is 0 Å². The van der Waals surface area contributed by atoms with Crippen molar-refractivity contribution >= 4 is 5.91 Å². The molecule has 0 aliphatic carbocycles. The molecular formula is C15H28N2O3. The molecule has 5 heteroatoms. The van der Waals surface area contributed by atoms with Crippen molar-refractivity contribution in [1.29, 1.82) is 0 Å². The number of aliphatic hydroxyl groups excluding tert-OH is 1. The van der Waals surface area contributed by atoms with E-state index in [2.05, 4.69) is 4.90 Å². The van der Waals surface area contributed by atoms with Gasteiger partial charge in [0.2, 0.25) is 5.91 Å². The summed E-state index contributed by atoms with van der Waals surface area (Å²) in [6.45, 7) is 6.92. The molecule has 116 valence electrons. The zero-order valence-corrected chi connectivity index (χ0v) is 12.6. The molecule has 1 amide bonds. The highest BCUT2D eigenvalue weighted by Crippen LogP contribution is 2.17. The molecule has 2 fully saturated rings. The zero-order chi connectivity index (χ0) is 14.4. The minimum absolute atomic E-state index is 0.239. The highest BCUT2D eigenvalue weighted by atomic mass is 16.5. The lowest BCUT2D eigenvalue weighted by Gasteiger charge is -2.35. The van der Waals surface area contributed by atoms with Gasteiger partial charge in [0, 0.05) is 45.8 Å². The summed E-state index contributed by atoms with van der Waals surface area (Å²) in [4.78, 5) is 16.4. The first kappa shape index (κ1) is 15.7. The fourth-order valence-electron chi connectivity index (χ4n) is 2.92. The van der Waals surface area contributed by atoms with E-state index in [1.165, 1.54) is 0 Å². The van der Waals surface area contributed by atoms with Gasteiger partial charge in [0.05, 0.1) is 12.2 Å². The fraction of sp³-hybridized carbons (Fsp3) is 0.933. The number of hydrogen-bond donors (Lipinski definition) is 1. The van der Waals surface area contributed by atoms with Crippen LogP contribution >= 0.6 is 0 Å². The maximum Gasteiger partial charge on any atom is 0.222 e. The van der Waals surface area contributed by atoms with Crippen LogP contribution in [0.4, 0.5) is 0 Å². The Balaban J connectivity index is 1.63. The lowest BCUT2D eigenvalue weighted by atomic mass is 10.1. The van der Waals surface area contributed by atoms with Crippen LogP contribution in [-0.2, 0) is 9.53 Å². The quantitative estimate of drug-likeness (QED) is 0.786. The zero-order valence-electron chi connectivity index (χ0n) is 12.6. The molecule has 0 aromatic heterocycles. The third-order valence-electron chi connectivity index (χ3n) is 4.37. The van der Waals surface area contributed by atoms with Crippen molar-refractivity contribution in [3.05, 3.63) is 0 Å². The summed E-state index contributed by atoms with van der Waals surface area (Å²) in [6.07, 6.45) is 4.58. The summed E-state index contributed by atoms with van der Waals surface area (Å²) in [5.41, 5.74) is 0. The summed E-state index contributed by atoms with van der Waals surface area (Å²) in [7, 11) is 0.